The van der Waals surface area contributed by atoms with Crippen molar-refractivity contribution in [1.29, 1.82) is 0 Å². The van der Waals surface area contributed by atoms with Crippen LogP contribution in [-0.4, -0.2) is 0 Å². The highest BCUT2D eigenvalue weighted by molar-refractivity contribution is 6.33. The highest BCUT2D eigenvalue weighted by atomic mass is 35.5. The molecule has 1 aromatic carbocycles. The first-order valence-corrected chi connectivity index (χ1v) is 6.13. The molecule has 1 fully saturated rings. The molecule has 2 bridgehead atoms. The monoisotopic (exact) mass is 238 g/mol. The minimum Gasteiger partial charge on any atom is -0.0851 e. The molecule has 2 heteroatoms. The molecule has 78 valence electrons. The van der Waals surface area contributed by atoms with E-state index in [0.29, 0.717) is 11.8 Å². The van der Waals surface area contributed by atoms with E-state index in [-0.39, 0.29) is 0 Å². The molecule has 1 aromatic rings. The summed E-state index contributed by atoms with van der Waals surface area (Å²) in [7, 11) is 0. The average molecular weight is 239 g/mol. The van der Waals surface area contributed by atoms with Crippen LogP contribution in [0.4, 0.5) is 0 Å². The van der Waals surface area contributed by atoms with Gasteiger partial charge in [0.2, 0.25) is 0 Å². The van der Waals surface area contributed by atoms with Crippen LogP contribution in [0.5, 0.6) is 0 Å². The highest BCUT2D eigenvalue weighted by Crippen LogP contribution is 2.50. The second kappa shape index (κ2) is 3.54. The maximum Gasteiger partial charge on any atom is 0.0442 e. The number of hydrogen-bond donors (Lipinski definition) is 0. The van der Waals surface area contributed by atoms with Crippen molar-refractivity contribution < 1.29 is 0 Å². The van der Waals surface area contributed by atoms with E-state index in [0.717, 1.165) is 16.0 Å². The predicted octanol–water partition coefficient (Wildman–Crippen LogP) is 4.67. The van der Waals surface area contributed by atoms with Crippen LogP contribution >= 0.6 is 23.2 Å². The van der Waals surface area contributed by atoms with Crippen LogP contribution in [0.25, 0.3) is 0 Å². The summed E-state index contributed by atoms with van der Waals surface area (Å²) in [4.78, 5) is 0. The van der Waals surface area contributed by atoms with E-state index < -0.39 is 0 Å². The number of benzene rings is 1. The molecule has 2 aliphatic carbocycles. The van der Waals surface area contributed by atoms with Crippen LogP contribution in [0.1, 0.15) is 24.3 Å². The summed E-state index contributed by atoms with van der Waals surface area (Å²) in [5.41, 5.74) is 1.24. The number of fused-ring (bicyclic) bond motifs is 2. The first-order valence-electron chi connectivity index (χ1n) is 5.37. The summed E-state index contributed by atoms with van der Waals surface area (Å²) in [6.45, 7) is 0. The predicted molar refractivity (Wildman–Crippen MR) is 64.6 cm³/mol. The van der Waals surface area contributed by atoms with Gasteiger partial charge in [0.15, 0.2) is 0 Å². The van der Waals surface area contributed by atoms with Gasteiger partial charge in [-0.3, -0.25) is 0 Å². The lowest BCUT2D eigenvalue weighted by molar-refractivity contribution is 0.586. The fraction of sp³-hybridized carbons (Fsp3) is 0.385. The van der Waals surface area contributed by atoms with Crippen molar-refractivity contribution in [3.05, 3.63) is 46.0 Å². The number of allylic oxidation sites excluding steroid dienone is 2. The van der Waals surface area contributed by atoms with Gasteiger partial charge in [0.05, 0.1) is 0 Å². The van der Waals surface area contributed by atoms with Gasteiger partial charge >= 0.3 is 0 Å². The van der Waals surface area contributed by atoms with Gasteiger partial charge in [0.1, 0.15) is 0 Å². The van der Waals surface area contributed by atoms with Gasteiger partial charge in [-0.2, -0.15) is 0 Å². The first kappa shape index (κ1) is 9.74. The lowest BCUT2D eigenvalue weighted by Gasteiger charge is -2.19. The van der Waals surface area contributed by atoms with Crippen LogP contribution in [0, 0.1) is 11.8 Å². The van der Waals surface area contributed by atoms with Crippen molar-refractivity contribution in [2.75, 3.05) is 0 Å². The van der Waals surface area contributed by atoms with Crippen LogP contribution in [-0.2, 0) is 0 Å². The summed E-state index contributed by atoms with van der Waals surface area (Å²) >= 11 is 12.3. The fourth-order valence-electron chi connectivity index (χ4n) is 2.94. The van der Waals surface area contributed by atoms with E-state index in [1.165, 1.54) is 18.4 Å². The Bertz CT molecular complexity index is 423. The molecule has 0 aliphatic heterocycles. The van der Waals surface area contributed by atoms with Gasteiger partial charge < -0.3 is 0 Å². The van der Waals surface area contributed by atoms with Gasteiger partial charge in [-0.25, -0.2) is 0 Å². The Morgan fingerprint density at radius 2 is 1.93 bits per heavy atom. The molecule has 0 saturated heterocycles. The molecule has 1 saturated carbocycles. The number of hydrogen-bond acceptors (Lipinski definition) is 0. The lowest BCUT2D eigenvalue weighted by Crippen LogP contribution is -2.05. The van der Waals surface area contributed by atoms with Crippen molar-refractivity contribution in [2.24, 2.45) is 11.8 Å². The molecule has 2 aliphatic rings. The van der Waals surface area contributed by atoms with Gasteiger partial charge in [-0.15, -0.1) is 0 Å². The highest BCUT2D eigenvalue weighted by Gasteiger charge is 2.37. The van der Waals surface area contributed by atoms with E-state index >= 15 is 0 Å². The zero-order valence-electron chi connectivity index (χ0n) is 8.29. The summed E-state index contributed by atoms with van der Waals surface area (Å²) in [5, 5.41) is 1.66. The van der Waals surface area contributed by atoms with Crippen molar-refractivity contribution >= 4 is 23.2 Å². The molecule has 0 spiro atoms. The fourth-order valence-corrected chi connectivity index (χ4v) is 3.38. The Morgan fingerprint density at radius 3 is 2.60 bits per heavy atom. The molecule has 3 unspecified atom stereocenters. The van der Waals surface area contributed by atoms with Gasteiger partial charge in [-0.05, 0) is 54.4 Å². The molecule has 3 atom stereocenters. The van der Waals surface area contributed by atoms with E-state index in [1.807, 2.05) is 18.2 Å². The molecule has 0 radical (unpaired) electrons. The summed E-state index contributed by atoms with van der Waals surface area (Å²) < 4.78 is 0. The average Bonchev–Trinajstić information content (AvgIpc) is 2.83. The molecule has 0 heterocycles. The zero-order valence-corrected chi connectivity index (χ0v) is 9.80. The first-order chi connectivity index (χ1) is 7.24. The molecule has 0 N–H and O–H groups in total. The summed E-state index contributed by atoms with van der Waals surface area (Å²) in [6.07, 6.45) is 7.23. The van der Waals surface area contributed by atoms with E-state index in [2.05, 4.69) is 12.2 Å². The Hall–Kier alpha value is -0.460. The normalized spacial score (nSPS) is 32.5. The van der Waals surface area contributed by atoms with Crippen molar-refractivity contribution in [1.82, 2.24) is 0 Å². The summed E-state index contributed by atoms with van der Waals surface area (Å²) in [5.74, 6) is 2.05. The molecule has 3 rings (SSSR count). The van der Waals surface area contributed by atoms with Crippen LogP contribution < -0.4 is 0 Å². The third-order valence-electron chi connectivity index (χ3n) is 3.64. The topological polar surface area (TPSA) is 0 Å². The Labute approximate surface area is 99.9 Å². The smallest absolute Gasteiger partial charge is 0.0442 e. The van der Waals surface area contributed by atoms with Crippen LogP contribution in [0.3, 0.4) is 0 Å². The molecule has 15 heavy (non-hydrogen) atoms. The van der Waals surface area contributed by atoms with E-state index in [1.54, 1.807) is 0 Å². The van der Waals surface area contributed by atoms with Crippen molar-refractivity contribution in [2.45, 2.75) is 18.8 Å². The van der Waals surface area contributed by atoms with Crippen LogP contribution in [0.2, 0.25) is 10.0 Å². The third kappa shape index (κ3) is 1.60. The largest absolute Gasteiger partial charge is 0.0851 e. The molecular formula is C13H12Cl2. The lowest BCUT2D eigenvalue weighted by atomic mass is 9.87. The number of rotatable bonds is 1. The van der Waals surface area contributed by atoms with Gasteiger partial charge in [0.25, 0.3) is 0 Å². The Balaban J connectivity index is 1.99. The quantitative estimate of drug-likeness (QED) is 0.624. The minimum absolute atomic E-state index is 0.589. The van der Waals surface area contributed by atoms with E-state index in [9.17, 15) is 0 Å². The second-order valence-corrected chi connectivity index (χ2v) is 5.40. The van der Waals surface area contributed by atoms with Gasteiger partial charge in [-0.1, -0.05) is 35.4 Å². The molecular weight excluding hydrogens is 227 g/mol. The van der Waals surface area contributed by atoms with Gasteiger partial charge in [0, 0.05) is 10.0 Å². The SMILES string of the molecule is Clc1ccc(Cl)c(C2CC3C=CC2C3)c1. The van der Waals surface area contributed by atoms with Crippen LogP contribution in [0.15, 0.2) is 30.4 Å². The molecule has 0 amide bonds. The zero-order chi connectivity index (χ0) is 10.4. The molecule has 0 nitrogen and oxygen atoms in total. The Kier molecular flexibility index (Phi) is 2.30. The number of halogens is 2. The second-order valence-electron chi connectivity index (χ2n) is 4.55. The summed E-state index contributed by atoms with van der Waals surface area (Å²) in [6, 6.07) is 5.80. The maximum atomic E-state index is 6.23. The molecule has 0 aromatic heterocycles. The van der Waals surface area contributed by atoms with E-state index in [4.69, 9.17) is 23.2 Å². The van der Waals surface area contributed by atoms with Crippen molar-refractivity contribution in [3.8, 4) is 0 Å². The van der Waals surface area contributed by atoms with Crippen molar-refractivity contribution in [3.63, 3.8) is 0 Å². The Morgan fingerprint density at radius 1 is 1.07 bits per heavy atom. The minimum atomic E-state index is 0.589. The third-order valence-corrected chi connectivity index (χ3v) is 4.22. The standard InChI is InChI=1S/C13H12Cl2/c14-10-3-4-13(15)12(7-10)11-6-8-1-2-9(11)5-8/h1-4,7-9,11H,5-6H2. The maximum absolute atomic E-state index is 6.23.